The van der Waals surface area contributed by atoms with Crippen LogP contribution in [0, 0.1) is 5.92 Å². The number of anilines is 2. The van der Waals surface area contributed by atoms with Gasteiger partial charge < -0.3 is 10.6 Å². The van der Waals surface area contributed by atoms with Crippen molar-refractivity contribution in [3.63, 3.8) is 0 Å². The summed E-state index contributed by atoms with van der Waals surface area (Å²) in [5, 5.41) is 6.29. The number of carbonyl (C=O) groups is 1. The number of carbonyl (C=O) groups excluding carboxylic acids is 1. The maximum absolute atomic E-state index is 11.6. The van der Waals surface area contributed by atoms with Crippen molar-refractivity contribution in [1.29, 1.82) is 0 Å². The zero-order valence-corrected chi connectivity index (χ0v) is 10.5. The maximum Gasteiger partial charge on any atom is 0.321 e. The van der Waals surface area contributed by atoms with E-state index in [1.807, 2.05) is 12.1 Å². The average molecular weight is 245 g/mol. The lowest BCUT2D eigenvalue weighted by Crippen LogP contribution is -2.27. The Morgan fingerprint density at radius 2 is 2.28 bits per heavy atom. The van der Waals surface area contributed by atoms with E-state index in [0.717, 1.165) is 36.9 Å². The molecule has 0 unspecified atom stereocenters. The lowest BCUT2D eigenvalue weighted by atomic mass is 9.85. The third-order valence-corrected chi connectivity index (χ3v) is 3.83. The van der Waals surface area contributed by atoms with E-state index >= 15 is 0 Å². The Hall–Kier alpha value is -1.71. The zero-order chi connectivity index (χ0) is 12.4. The molecule has 1 heterocycles. The lowest BCUT2D eigenvalue weighted by Gasteiger charge is -2.26. The smallest absolute Gasteiger partial charge is 0.321 e. The highest BCUT2D eigenvalue weighted by atomic mass is 16.2. The van der Waals surface area contributed by atoms with Crippen LogP contribution in [0.5, 0.6) is 0 Å². The van der Waals surface area contributed by atoms with Gasteiger partial charge in [0.25, 0.3) is 0 Å². The monoisotopic (exact) mass is 245 g/mol. The predicted octanol–water partition coefficient (Wildman–Crippen LogP) is 2.43. The molecular formula is C14H19N3O. The number of rotatable bonds is 4. The molecule has 2 amide bonds. The van der Waals surface area contributed by atoms with Crippen LogP contribution in [0.25, 0.3) is 0 Å². The number of urea groups is 1. The SMILES string of the molecule is O=C1NCCN1c1cccc(NCC2CCC2)c1. The van der Waals surface area contributed by atoms with E-state index < -0.39 is 0 Å². The molecule has 0 radical (unpaired) electrons. The molecule has 3 rings (SSSR count). The molecular weight excluding hydrogens is 226 g/mol. The molecule has 4 nitrogen and oxygen atoms in total. The van der Waals surface area contributed by atoms with Crippen LogP contribution in [0.3, 0.4) is 0 Å². The van der Waals surface area contributed by atoms with Gasteiger partial charge in [0.2, 0.25) is 0 Å². The first kappa shape index (κ1) is 11.4. The van der Waals surface area contributed by atoms with Gasteiger partial charge in [-0.3, -0.25) is 4.90 Å². The van der Waals surface area contributed by atoms with Crippen molar-refractivity contribution in [3.05, 3.63) is 24.3 Å². The van der Waals surface area contributed by atoms with Gasteiger partial charge in [-0.25, -0.2) is 4.79 Å². The van der Waals surface area contributed by atoms with Gasteiger partial charge in [0.1, 0.15) is 0 Å². The van der Waals surface area contributed by atoms with Gasteiger partial charge >= 0.3 is 6.03 Å². The van der Waals surface area contributed by atoms with Crippen LogP contribution in [0.4, 0.5) is 16.2 Å². The Morgan fingerprint density at radius 3 is 2.94 bits per heavy atom. The van der Waals surface area contributed by atoms with Crippen LogP contribution in [0.2, 0.25) is 0 Å². The summed E-state index contributed by atoms with van der Waals surface area (Å²) in [6, 6.07) is 8.12. The topological polar surface area (TPSA) is 44.4 Å². The molecule has 1 aliphatic heterocycles. The van der Waals surface area contributed by atoms with Crippen molar-refractivity contribution in [1.82, 2.24) is 5.32 Å². The maximum atomic E-state index is 11.6. The van der Waals surface area contributed by atoms with Crippen LogP contribution in [-0.4, -0.2) is 25.7 Å². The fourth-order valence-electron chi connectivity index (χ4n) is 2.46. The minimum Gasteiger partial charge on any atom is -0.385 e. The molecule has 1 saturated carbocycles. The molecule has 18 heavy (non-hydrogen) atoms. The molecule has 2 aliphatic rings. The van der Waals surface area contributed by atoms with E-state index in [1.54, 1.807) is 4.90 Å². The third-order valence-electron chi connectivity index (χ3n) is 3.83. The summed E-state index contributed by atoms with van der Waals surface area (Å²) >= 11 is 0. The van der Waals surface area contributed by atoms with Crippen molar-refractivity contribution < 1.29 is 4.79 Å². The van der Waals surface area contributed by atoms with E-state index in [9.17, 15) is 4.79 Å². The van der Waals surface area contributed by atoms with E-state index in [-0.39, 0.29) is 6.03 Å². The van der Waals surface area contributed by atoms with Crippen molar-refractivity contribution in [2.45, 2.75) is 19.3 Å². The van der Waals surface area contributed by atoms with Gasteiger partial charge in [-0.1, -0.05) is 12.5 Å². The first-order chi connectivity index (χ1) is 8.83. The fourth-order valence-corrected chi connectivity index (χ4v) is 2.46. The second kappa shape index (κ2) is 4.88. The molecule has 1 saturated heterocycles. The van der Waals surface area contributed by atoms with Crippen LogP contribution in [0.1, 0.15) is 19.3 Å². The molecule has 0 spiro atoms. The molecule has 2 fully saturated rings. The van der Waals surface area contributed by atoms with Gasteiger partial charge in [-0.15, -0.1) is 0 Å². The normalized spacial score (nSPS) is 19.6. The van der Waals surface area contributed by atoms with E-state index in [2.05, 4.69) is 22.8 Å². The van der Waals surface area contributed by atoms with Gasteiger partial charge in [0.15, 0.2) is 0 Å². The predicted molar refractivity (Wildman–Crippen MR) is 73.0 cm³/mol. The summed E-state index contributed by atoms with van der Waals surface area (Å²) < 4.78 is 0. The van der Waals surface area contributed by atoms with Crippen LogP contribution in [0.15, 0.2) is 24.3 Å². The molecule has 0 atom stereocenters. The van der Waals surface area contributed by atoms with Gasteiger partial charge in [0, 0.05) is 31.0 Å². The van der Waals surface area contributed by atoms with Crippen molar-refractivity contribution in [2.75, 3.05) is 29.9 Å². The second-order valence-corrected chi connectivity index (χ2v) is 5.11. The summed E-state index contributed by atoms with van der Waals surface area (Å²) in [6.07, 6.45) is 4.07. The highest BCUT2D eigenvalue weighted by Crippen LogP contribution is 2.27. The summed E-state index contributed by atoms with van der Waals surface area (Å²) in [4.78, 5) is 13.4. The number of nitrogens with zero attached hydrogens (tertiary/aromatic N) is 1. The van der Waals surface area contributed by atoms with Crippen LogP contribution < -0.4 is 15.5 Å². The Morgan fingerprint density at radius 1 is 1.39 bits per heavy atom. The standard InChI is InChI=1S/C14H19N3O/c18-14-15-7-8-17(14)13-6-2-5-12(9-13)16-10-11-3-1-4-11/h2,5-6,9,11,16H,1,3-4,7-8,10H2,(H,15,18). The summed E-state index contributed by atoms with van der Waals surface area (Å²) in [6.45, 7) is 2.54. The number of hydrogen-bond acceptors (Lipinski definition) is 2. The highest BCUT2D eigenvalue weighted by Gasteiger charge is 2.21. The summed E-state index contributed by atoms with van der Waals surface area (Å²) in [7, 11) is 0. The molecule has 0 bridgehead atoms. The Kier molecular flexibility index (Phi) is 3.09. The summed E-state index contributed by atoms with van der Waals surface area (Å²) in [5.74, 6) is 0.837. The Labute approximate surface area is 107 Å². The van der Waals surface area contributed by atoms with Crippen molar-refractivity contribution in [3.8, 4) is 0 Å². The van der Waals surface area contributed by atoms with Crippen molar-refractivity contribution in [2.24, 2.45) is 5.92 Å². The number of hydrogen-bond donors (Lipinski definition) is 2. The van der Waals surface area contributed by atoms with Gasteiger partial charge in [0.05, 0.1) is 0 Å². The largest absolute Gasteiger partial charge is 0.385 e. The number of nitrogens with one attached hydrogen (secondary N) is 2. The molecule has 4 heteroatoms. The average Bonchev–Trinajstić information content (AvgIpc) is 2.74. The number of amides is 2. The quantitative estimate of drug-likeness (QED) is 0.855. The van der Waals surface area contributed by atoms with Crippen molar-refractivity contribution >= 4 is 17.4 Å². The minimum atomic E-state index is 0.00569. The highest BCUT2D eigenvalue weighted by molar-refractivity contribution is 5.94. The van der Waals surface area contributed by atoms with Crippen LogP contribution in [-0.2, 0) is 0 Å². The summed E-state index contributed by atoms with van der Waals surface area (Å²) in [5.41, 5.74) is 2.09. The molecule has 2 N–H and O–H groups in total. The second-order valence-electron chi connectivity index (χ2n) is 5.11. The Bertz CT molecular complexity index is 442. The first-order valence-electron chi connectivity index (χ1n) is 6.72. The molecule has 1 aromatic rings. The number of benzene rings is 1. The van der Waals surface area contributed by atoms with Crippen LogP contribution >= 0.6 is 0 Å². The molecule has 1 aromatic carbocycles. The molecule has 96 valence electrons. The minimum absolute atomic E-state index is 0.00569. The Balaban J connectivity index is 1.66. The fraction of sp³-hybridized carbons (Fsp3) is 0.500. The van der Waals surface area contributed by atoms with E-state index in [1.165, 1.54) is 19.3 Å². The van der Waals surface area contributed by atoms with E-state index in [0.29, 0.717) is 0 Å². The van der Waals surface area contributed by atoms with Gasteiger partial charge in [-0.05, 0) is 37.0 Å². The molecule has 1 aliphatic carbocycles. The first-order valence-corrected chi connectivity index (χ1v) is 6.72. The van der Waals surface area contributed by atoms with Gasteiger partial charge in [-0.2, -0.15) is 0 Å². The lowest BCUT2D eigenvalue weighted by molar-refractivity contribution is 0.252. The third kappa shape index (κ3) is 2.28. The zero-order valence-electron chi connectivity index (χ0n) is 10.5. The van der Waals surface area contributed by atoms with E-state index in [4.69, 9.17) is 0 Å². The molecule has 0 aromatic heterocycles.